The number of nitrogens with zero attached hydrogens (tertiary/aromatic N) is 2. The first-order valence-corrected chi connectivity index (χ1v) is 10.6. The summed E-state index contributed by atoms with van der Waals surface area (Å²) in [6.07, 6.45) is 1.02. The third-order valence-electron chi connectivity index (χ3n) is 5.91. The first-order valence-electron chi connectivity index (χ1n) is 10.6. The molecule has 1 unspecified atom stereocenters. The predicted molar refractivity (Wildman–Crippen MR) is 118 cm³/mol. The number of rotatable bonds is 4. The molecule has 0 saturated heterocycles. The van der Waals surface area contributed by atoms with Crippen LogP contribution in [0.1, 0.15) is 31.7 Å². The normalized spacial score (nSPS) is 18.8. The predicted octanol–water partition coefficient (Wildman–Crippen LogP) is 6.86. The molecule has 6 heteroatoms. The molecule has 1 aliphatic heterocycles. The number of benzene rings is 2. The Hall–Kier alpha value is -3.15. The SMILES string of the molecule is CCC1N=C(Nc2cc(-c3ccccc3C(F)(F)F)nc3ccccc23)C=C1C1CC1. The lowest BCUT2D eigenvalue weighted by molar-refractivity contribution is -0.137. The number of aromatic nitrogens is 1. The summed E-state index contributed by atoms with van der Waals surface area (Å²) in [5, 5.41) is 4.23. The fraction of sp³-hybridized carbons (Fsp3) is 0.280. The van der Waals surface area contributed by atoms with Crippen LogP contribution in [0, 0.1) is 5.92 Å². The molecule has 1 aliphatic carbocycles. The van der Waals surface area contributed by atoms with Crippen molar-refractivity contribution in [2.45, 2.75) is 38.4 Å². The third kappa shape index (κ3) is 3.82. The largest absolute Gasteiger partial charge is 0.417 e. The van der Waals surface area contributed by atoms with Crippen LogP contribution < -0.4 is 5.32 Å². The van der Waals surface area contributed by atoms with Crippen LogP contribution in [0.4, 0.5) is 18.9 Å². The Kier molecular flexibility index (Phi) is 4.80. The second-order valence-electron chi connectivity index (χ2n) is 8.10. The number of alkyl halides is 3. The van der Waals surface area contributed by atoms with Crippen LogP contribution in [0.5, 0.6) is 0 Å². The average molecular weight is 421 g/mol. The monoisotopic (exact) mass is 421 g/mol. The topological polar surface area (TPSA) is 37.3 Å². The van der Waals surface area contributed by atoms with Gasteiger partial charge in [0.2, 0.25) is 0 Å². The van der Waals surface area contributed by atoms with Crippen molar-refractivity contribution in [2.75, 3.05) is 5.32 Å². The van der Waals surface area contributed by atoms with E-state index in [1.165, 1.54) is 30.5 Å². The van der Waals surface area contributed by atoms with Gasteiger partial charge < -0.3 is 5.32 Å². The van der Waals surface area contributed by atoms with E-state index in [0.29, 0.717) is 17.1 Å². The van der Waals surface area contributed by atoms with Gasteiger partial charge in [0.05, 0.1) is 28.5 Å². The van der Waals surface area contributed by atoms with Crippen molar-refractivity contribution in [1.82, 2.24) is 4.98 Å². The minimum atomic E-state index is -4.46. The highest BCUT2D eigenvalue weighted by Crippen LogP contribution is 2.42. The van der Waals surface area contributed by atoms with Crippen LogP contribution in [-0.4, -0.2) is 16.9 Å². The van der Waals surface area contributed by atoms with Crippen LogP contribution in [0.2, 0.25) is 0 Å². The number of anilines is 1. The molecule has 31 heavy (non-hydrogen) atoms. The van der Waals surface area contributed by atoms with Gasteiger partial charge in [-0.05, 0) is 55.0 Å². The second-order valence-corrected chi connectivity index (χ2v) is 8.10. The smallest absolute Gasteiger partial charge is 0.340 e. The minimum Gasteiger partial charge on any atom is -0.340 e. The van der Waals surface area contributed by atoms with Crippen molar-refractivity contribution in [3.8, 4) is 11.3 Å². The minimum absolute atomic E-state index is 0.0674. The maximum atomic E-state index is 13.6. The molecule has 3 nitrogen and oxygen atoms in total. The van der Waals surface area contributed by atoms with Crippen LogP contribution in [0.25, 0.3) is 22.2 Å². The molecule has 2 aliphatic rings. The van der Waals surface area contributed by atoms with E-state index in [1.54, 1.807) is 12.1 Å². The van der Waals surface area contributed by atoms with Gasteiger partial charge in [-0.25, -0.2) is 4.98 Å². The summed E-state index contributed by atoms with van der Waals surface area (Å²) in [5.74, 6) is 1.39. The quantitative estimate of drug-likeness (QED) is 0.500. The average Bonchev–Trinajstić information content (AvgIpc) is 3.53. The van der Waals surface area contributed by atoms with Crippen molar-refractivity contribution < 1.29 is 13.2 Å². The molecule has 0 radical (unpaired) electrons. The Morgan fingerprint density at radius 2 is 1.77 bits per heavy atom. The zero-order chi connectivity index (χ0) is 21.6. The number of hydrogen-bond acceptors (Lipinski definition) is 3. The number of nitrogens with one attached hydrogen (secondary N) is 1. The van der Waals surface area contributed by atoms with E-state index in [1.807, 2.05) is 24.3 Å². The Morgan fingerprint density at radius 3 is 2.52 bits per heavy atom. The summed E-state index contributed by atoms with van der Waals surface area (Å²) in [6, 6.07) is 14.9. The van der Waals surface area contributed by atoms with Crippen molar-refractivity contribution in [3.05, 3.63) is 71.8 Å². The highest BCUT2D eigenvalue weighted by Gasteiger charge is 2.34. The number of fused-ring (bicyclic) bond motifs is 1. The second kappa shape index (κ2) is 7.52. The number of halogens is 3. The lowest BCUT2D eigenvalue weighted by Crippen LogP contribution is -2.10. The van der Waals surface area contributed by atoms with E-state index >= 15 is 0 Å². The summed E-state index contributed by atoms with van der Waals surface area (Å²) in [7, 11) is 0. The molecule has 1 N–H and O–H groups in total. The molecule has 0 bridgehead atoms. The molecule has 0 spiro atoms. The number of amidine groups is 1. The Morgan fingerprint density at radius 1 is 1.03 bits per heavy atom. The van der Waals surface area contributed by atoms with Crippen molar-refractivity contribution in [2.24, 2.45) is 10.9 Å². The summed E-state index contributed by atoms with van der Waals surface area (Å²) >= 11 is 0. The zero-order valence-electron chi connectivity index (χ0n) is 17.1. The molecular weight excluding hydrogens is 399 g/mol. The van der Waals surface area contributed by atoms with E-state index in [0.717, 1.165) is 23.7 Å². The zero-order valence-corrected chi connectivity index (χ0v) is 17.1. The number of pyridine rings is 1. The van der Waals surface area contributed by atoms with Gasteiger partial charge in [0.25, 0.3) is 0 Å². The molecule has 3 aromatic rings. The maximum Gasteiger partial charge on any atom is 0.417 e. The molecule has 1 aromatic heterocycles. The van der Waals surface area contributed by atoms with E-state index in [2.05, 4.69) is 23.3 Å². The number of para-hydroxylation sites is 1. The van der Waals surface area contributed by atoms with E-state index in [9.17, 15) is 13.2 Å². The molecule has 1 atom stereocenters. The first kappa shape index (κ1) is 19.8. The number of hydrogen-bond donors (Lipinski definition) is 1. The first-order chi connectivity index (χ1) is 14.9. The summed E-state index contributed by atoms with van der Waals surface area (Å²) < 4.78 is 40.8. The van der Waals surface area contributed by atoms with E-state index in [4.69, 9.17) is 4.99 Å². The fourth-order valence-electron chi connectivity index (χ4n) is 4.24. The molecule has 2 aromatic carbocycles. The van der Waals surface area contributed by atoms with Crippen LogP contribution in [0.3, 0.4) is 0 Å². The van der Waals surface area contributed by atoms with Gasteiger partial charge >= 0.3 is 6.18 Å². The molecule has 5 rings (SSSR count). The van der Waals surface area contributed by atoms with Crippen LogP contribution in [-0.2, 0) is 6.18 Å². The molecular formula is C25H22F3N3. The third-order valence-corrected chi connectivity index (χ3v) is 5.91. The Labute approximate surface area is 178 Å². The standard InChI is InChI=1S/C25H22F3N3/c1-2-20-18(15-11-12-15)13-24(30-20)31-23-14-22(29-21-10-6-4-8-17(21)23)16-7-3-5-9-19(16)25(26,27)28/h3-10,13-15,20H,2,11-12H2,1H3,(H,29,30,31). The molecule has 0 amide bonds. The van der Waals surface area contributed by atoms with Gasteiger partial charge in [0.1, 0.15) is 5.84 Å². The number of aliphatic imine (C=N–C) groups is 1. The van der Waals surface area contributed by atoms with Gasteiger partial charge in [0, 0.05) is 10.9 Å². The molecule has 158 valence electrons. The fourth-order valence-corrected chi connectivity index (χ4v) is 4.24. The van der Waals surface area contributed by atoms with Crippen LogP contribution >= 0.6 is 0 Å². The van der Waals surface area contributed by atoms with Crippen LogP contribution in [0.15, 0.2) is 71.2 Å². The highest BCUT2D eigenvalue weighted by molar-refractivity contribution is 6.10. The van der Waals surface area contributed by atoms with E-state index in [-0.39, 0.29) is 17.3 Å². The van der Waals surface area contributed by atoms with Gasteiger partial charge in [-0.15, -0.1) is 0 Å². The van der Waals surface area contributed by atoms with Gasteiger partial charge in [0.15, 0.2) is 0 Å². The van der Waals surface area contributed by atoms with E-state index < -0.39 is 11.7 Å². The van der Waals surface area contributed by atoms with Crippen molar-refractivity contribution in [1.29, 1.82) is 0 Å². The summed E-state index contributed by atoms with van der Waals surface area (Å²) in [4.78, 5) is 9.37. The molecule has 1 saturated carbocycles. The lowest BCUT2D eigenvalue weighted by atomic mass is 10.0. The maximum absolute atomic E-state index is 13.6. The lowest BCUT2D eigenvalue weighted by Gasteiger charge is -2.15. The van der Waals surface area contributed by atoms with Crippen molar-refractivity contribution in [3.63, 3.8) is 0 Å². The summed E-state index contributed by atoms with van der Waals surface area (Å²) in [6.45, 7) is 2.13. The Balaban J connectivity index is 1.60. The highest BCUT2D eigenvalue weighted by atomic mass is 19.4. The van der Waals surface area contributed by atoms with Gasteiger partial charge in [-0.1, -0.05) is 43.3 Å². The Bertz CT molecular complexity index is 1210. The van der Waals surface area contributed by atoms with Crippen molar-refractivity contribution >= 4 is 22.4 Å². The molecule has 1 fully saturated rings. The van der Waals surface area contributed by atoms with Gasteiger partial charge in [-0.3, -0.25) is 4.99 Å². The van der Waals surface area contributed by atoms with Gasteiger partial charge in [-0.2, -0.15) is 13.2 Å². The molecule has 2 heterocycles. The summed E-state index contributed by atoms with van der Waals surface area (Å²) in [5.41, 5.74) is 2.37.